The maximum Gasteiger partial charge on any atom is 0.0601 e. The largest absolute Gasteiger partial charge is 0.308 e. The molecule has 0 fully saturated rings. The van der Waals surface area contributed by atoms with Crippen molar-refractivity contribution < 1.29 is 0 Å². The molecule has 0 N–H and O–H groups in total. The molecule has 0 radical (unpaired) electrons. The first-order chi connectivity index (χ1) is 11.4. The van der Waals surface area contributed by atoms with Gasteiger partial charge in [-0.25, -0.2) is 0 Å². The molecule has 2 heteroatoms. The van der Waals surface area contributed by atoms with Gasteiger partial charge in [0.25, 0.3) is 0 Å². The van der Waals surface area contributed by atoms with Crippen LogP contribution in [-0.4, -0.2) is 0 Å². The van der Waals surface area contributed by atoms with E-state index in [1.165, 1.54) is 38.0 Å². The molecule has 0 spiro atoms. The molecule has 0 atom stereocenters. The van der Waals surface area contributed by atoms with Crippen LogP contribution in [0.2, 0.25) is 0 Å². The Hall–Kier alpha value is -2.45. The van der Waals surface area contributed by atoms with Crippen LogP contribution in [0.1, 0.15) is 11.1 Å². The molecule has 3 aromatic carbocycles. The maximum atomic E-state index is 2.42. The van der Waals surface area contributed by atoms with Gasteiger partial charge in [-0.15, -0.1) is 0 Å². The smallest absolute Gasteiger partial charge is 0.0601 e. The summed E-state index contributed by atoms with van der Waals surface area (Å²) in [4.78, 5) is 5.05. The van der Waals surface area contributed by atoms with E-state index in [2.05, 4.69) is 83.8 Å². The van der Waals surface area contributed by atoms with Crippen LogP contribution in [0.25, 0.3) is 6.08 Å². The van der Waals surface area contributed by atoms with Crippen molar-refractivity contribution in [3.63, 3.8) is 0 Å². The molecule has 3 aromatic rings. The summed E-state index contributed by atoms with van der Waals surface area (Å²) in [6.45, 7) is 0. The third-order valence-electron chi connectivity index (χ3n) is 4.48. The van der Waals surface area contributed by atoms with E-state index in [0.717, 1.165) is 6.42 Å². The minimum Gasteiger partial charge on any atom is -0.308 e. The van der Waals surface area contributed by atoms with Gasteiger partial charge in [0.15, 0.2) is 0 Å². The fourth-order valence-corrected chi connectivity index (χ4v) is 4.51. The van der Waals surface area contributed by atoms with Crippen molar-refractivity contribution in [3.8, 4) is 0 Å². The minimum atomic E-state index is 1.01. The van der Waals surface area contributed by atoms with Gasteiger partial charge < -0.3 is 4.90 Å². The number of anilines is 3. The first-order valence-corrected chi connectivity index (χ1v) is 8.68. The summed E-state index contributed by atoms with van der Waals surface area (Å²) in [5, 5.41) is 0. The number of allylic oxidation sites excluding steroid dienone is 1. The summed E-state index contributed by atoms with van der Waals surface area (Å²) in [6, 6.07) is 24.0. The van der Waals surface area contributed by atoms with E-state index in [9.17, 15) is 0 Å². The number of nitrogens with zero attached hydrogens (tertiary/aromatic N) is 1. The topological polar surface area (TPSA) is 3.24 Å². The van der Waals surface area contributed by atoms with Gasteiger partial charge in [-0.05, 0) is 47.9 Å². The summed E-state index contributed by atoms with van der Waals surface area (Å²) in [6.07, 6.45) is 5.50. The van der Waals surface area contributed by atoms with E-state index in [1.807, 2.05) is 11.8 Å². The molecule has 0 bridgehead atoms. The number of benzene rings is 3. The first-order valence-electron chi connectivity index (χ1n) is 7.86. The molecule has 0 aromatic heterocycles. The van der Waals surface area contributed by atoms with Crippen molar-refractivity contribution in [2.45, 2.75) is 16.2 Å². The molecule has 5 rings (SSSR count). The molecule has 110 valence electrons. The highest BCUT2D eigenvalue weighted by Gasteiger charge is 2.26. The highest BCUT2D eigenvalue weighted by Crippen LogP contribution is 2.52. The SMILES string of the molecule is C1=Cc2cccc(N3c4ccccc4Sc4ccccc43)c2C1. The van der Waals surface area contributed by atoms with E-state index >= 15 is 0 Å². The lowest BCUT2D eigenvalue weighted by atomic mass is 10.0. The van der Waals surface area contributed by atoms with Crippen molar-refractivity contribution in [2.75, 3.05) is 4.90 Å². The first kappa shape index (κ1) is 13.0. The zero-order valence-electron chi connectivity index (χ0n) is 12.6. The number of fused-ring (bicyclic) bond motifs is 3. The van der Waals surface area contributed by atoms with Gasteiger partial charge in [-0.1, -0.05) is 60.3 Å². The second kappa shape index (κ2) is 5.04. The Morgan fingerprint density at radius 3 is 2.09 bits per heavy atom. The third-order valence-corrected chi connectivity index (χ3v) is 5.61. The number of rotatable bonds is 1. The Morgan fingerprint density at radius 1 is 0.696 bits per heavy atom. The average Bonchev–Trinajstić information content (AvgIpc) is 3.08. The van der Waals surface area contributed by atoms with E-state index in [4.69, 9.17) is 0 Å². The number of hydrogen-bond donors (Lipinski definition) is 0. The van der Waals surface area contributed by atoms with Gasteiger partial charge in [0.2, 0.25) is 0 Å². The van der Waals surface area contributed by atoms with Crippen molar-refractivity contribution in [3.05, 3.63) is 83.9 Å². The predicted octanol–water partition coefficient (Wildman–Crippen LogP) is 6.19. The lowest BCUT2D eigenvalue weighted by molar-refractivity contribution is 1.14. The van der Waals surface area contributed by atoms with E-state index in [-0.39, 0.29) is 0 Å². The number of para-hydroxylation sites is 2. The normalized spacial score (nSPS) is 14.3. The second-order valence-corrected chi connectivity index (χ2v) is 6.91. The quantitative estimate of drug-likeness (QED) is 0.412. The maximum absolute atomic E-state index is 2.42. The molecule has 1 aliphatic heterocycles. The predicted molar refractivity (Wildman–Crippen MR) is 98.0 cm³/mol. The molecule has 0 saturated carbocycles. The number of hydrogen-bond acceptors (Lipinski definition) is 2. The molecular weight excluding hydrogens is 298 g/mol. The van der Waals surface area contributed by atoms with Crippen LogP contribution in [0.4, 0.5) is 17.1 Å². The molecule has 0 saturated heterocycles. The zero-order chi connectivity index (χ0) is 15.2. The minimum absolute atomic E-state index is 1.01. The van der Waals surface area contributed by atoms with Gasteiger partial charge in [-0.2, -0.15) is 0 Å². The molecular formula is C21H15NS. The van der Waals surface area contributed by atoms with E-state index in [1.54, 1.807) is 0 Å². The van der Waals surface area contributed by atoms with Crippen LogP contribution in [0, 0.1) is 0 Å². The van der Waals surface area contributed by atoms with Gasteiger partial charge in [0.1, 0.15) is 0 Å². The van der Waals surface area contributed by atoms with E-state index < -0.39 is 0 Å². The molecule has 1 aliphatic carbocycles. The Morgan fingerprint density at radius 2 is 1.35 bits per heavy atom. The van der Waals surface area contributed by atoms with Crippen LogP contribution in [0.3, 0.4) is 0 Å². The molecule has 0 amide bonds. The zero-order valence-corrected chi connectivity index (χ0v) is 13.4. The van der Waals surface area contributed by atoms with Crippen LogP contribution in [-0.2, 0) is 6.42 Å². The second-order valence-electron chi connectivity index (χ2n) is 5.82. The highest BCUT2D eigenvalue weighted by atomic mass is 32.2. The molecule has 0 unspecified atom stereocenters. The Bertz CT molecular complexity index is 897. The fourth-order valence-electron chi connectivity index (χ4n) is 3.45. The Balaban J connectivity index is 1.79. The van der Waals surface area contributed by atoms with Crippen LogP contribution >= 0.6 is 11.8 Å². The summed E-state index contributed by atoms with van der Waals surface area (Å²) in [5.74, 6) is 0. The molecule has 1 heterocycles. The third kappa shape index (κ3) is 1.95. The van der Waals surface area contributed by atoms with Crippen LogP contribution < -0.4 is 4.90 Å². The summed E-state index contributed by atoms with van der Waals surface area (Å²) >= 11 is 1.86. The average molecular weight is 313 g/mol. The lowest BCUT2D eigenvalue weighted by Crippen LogP contribution is -2.16. The molecule has 23 heavy (non-hydrogen) atoms. The Kier molecular flexibility index (Phi) is 2.85. The van der Waals surface area contributed by atoms with Gasteiger partial charge in [0.05, 0.1) is 17.1 Å². The molecule has 1 nitrogen and oxygen atoms in total. The molecule has 2 aliphatic rings. The summed E-state index contributed by atoms with van der Waals surface area (Å²) in [7, 11) is 0. The summed E-state index contributed by atoms with van der Waals surface area (Å²) in [5.41, 5.74) is 6.61. The van der Waals surface area contributed by atoms with Gasteiger partial charge in [-0.3, -0.25) is 0 Å². The summed E-state index contributed by atoms with van der Waals surface area (Å²) < 4.78 is 0. The van der Waals surface area contributed by atoms with E-state index in [0.29, 0.717) is 0 Å². The van der Waals surface area contributed by atoms with Crippen LogP contribution in [0.5, 0.6) is 0 Å². The van der Waals surface area contributed by atoms with Crippen molar-refractivity contribution in [2.24, 2.45) is 0 Å². The monoisotopic (exact) mass is 313 g/mol. The van der Waals surface area contributed by atoms with Gasteiger partial charge in [0, 0.05) is 9.79 Å². The van der Waals surface area contributed by atoms with Crippen molar-refractivity contribution in [1.82, 2.24) is 0 Å². The standard InChI is InChI=1S/C21H15NS/c1-3-13-20-18(10-1)22(19-11-2-4-14-21(19)23-20)17-12-6-8-15-7-5-9-16(15)17/h1-8,10-14H,9H2. The van der Waals surface area contributed by atoms with Crippen molar-refractivity contribution >= 4 is 34.9 Å². The van der Waals surface area contributed by atoms with Crippen LogP contribution in [0.15, 0.2) is 82.6 Å². The Labute approximate surface area is 140 Å². The fraction of sp³-hybridized carbons (Fsp3) is 0.0476. The highest BCUT2D eigenvalue weighted by molar-refractivity contribution is 7.99. The lowest BCUT2D eigenvalue weighted by Gasteiger charge is -2.34. The van der Waals surface area contributed by atoms with Gasteiger partial charge >= 0.3 is 0 Å². The van der Waals surface area contributed by atoms with Crippen molar-refractivity contribution in [1.29, 1.82) is 0 Å².